The van der Waals surface area contributed by atoms with Gasteiger partial charge in [-0.25, -0.2) is 4.79 Å². The van der Waals surface area contributed by atoms with Crippen molar-refractivity contribution in [1.29, 1.82) is 0 Å². The first kappa shape index (κ1) is 16.0. The van der Waals surface area contributed by atoms with Gasteiger partial charge in [-0.1, -0.05) is 0 Å². The van der Waals surface area contributed by atoms with Gasteiger partial charge >= 0.3 is 5.76 Å². The molecule has 1 aromatic carbocycles. The molecule has 2 amide bonds. The zero-order valence-corrected chi connectivity index (χ0v) is 13.9. The van der Waals surface area contributed by atoms with Crippen molar-refractivity contribution in [2.75, 3.05) is 5.32 Å². The normalized spacial score (nSPS) is 10.8. The predicted octanol–water partition coefficient (Wildman–Crippen LogP) is 2.08. The second kappa shape index (κ2) is 6.32. The van der Waals surface area contributed by atoms with E-state index in [4.69, 9.17) is 4.42 Å². The van der Waals surface area contributed by atoms with Crippen LogP contribution in [0.25, 0.3) is 11.1 Å². The molecular formula is C16H15N3O4S. The summed E-state index contributed by atoms with van der Waals surface area (Å²) < 4.78 is 6.50. The predicted molar refractivity (Wildman–Crippen MR) is 91.2 cm³/mol. The van der Waals surface area contributed by atoms with E-state index in [2.05, 4.69) is 10.6 Å². The van der Waals surface area contributed by atoms with Gasteiger partial charge in [0, 0.05) is 30.6 Å². The van der Waals surface area contributed by atoms with Crippen LogP contribution in [0.3, 0.4) is 0 Å². The minimum Gasteiger partial charge on any atom is -0.408 e. The van der Waals surface area contributed by atoms with Gasteiger partial charge in [-0.15, -0.1) is 11.3 Å². The van der Waals surface area contributed by atoms with Crippen LogP contribution in [0.5, 0.6) is 0 Å². The van der Waals surface area contributed by atoms with Crippen molar-refractivity contribution in [2.45, 2.75) is 13.5 Å². The number of amides is 2. The van der Waals surface area contributed by atoms with Crippen LogP contribution < -0.4 is 16.4 Å². The number of aryl methyl sites for hydroxylation is 1. The number of anilines is 1. The lowest BCUT2D eigenvalue weighted by Gasteiger charge is -2.03. The number of nitrogens with one attached hydrogen (secondary N) is 2. The first-order valence-electron chi connectivity index (χ1n) is 7.18. The van der Waals surface area contributed by atoms with Crippen molar-refractivity contribution < 1.29 is 14.0 Å². The summed E-state index contributed by atoms with van der Waals surface area (Å²) in [6.45, 7) is 1.84. The van der Waals surface area contributed by atoms with Crippen LogP contribution >= 0.6 is 11.3 Å². The number of rotatable bonds is 4. The van der Waals surface area contributed by atoms with Crippen molar-refractivity contribution in [2.24, 2.45) is 7.05 Å². The van der Waals surface area contributed by atoms with Crippen molar-refractivity contribution in [3.8, 4) is 0 Å². The molecule has 2 heterocycles. The number of oxazole rings is 1. The van der Waals surface area contributed by atoms with Crippen LogP contribution in [-0.4, -0.2) is 16.4 Å². The second-order valence-electron chi connectivity index (χ2n) is 5.24. The Bertz CT molecular complexity index is 983. The van der Waals surface area contributed by atoms with E-state index in [0.717, 1.165) is 4.88 Å². The first-order chi connectivity index (χ1) is 11.4. The third kappa shape index (κ3) is 3.23. The van der Waals surface area contributed by atoms with Crippen molar-refractivity contribution in [1.82, 2.24) is 9.88 Å². The highest BCUT2D eigenvalue weighted by Crippen LogP contribution is 2.21. The van der Waals surface area contributed by atoms with Gasteiger partial charge in [-0.2, -0.15) is 0 Å². The van der Waals surface area contributed by atoms with E-state index in [0.29, 0.717) is 28.2 Å². The molecule has 7 nitrogen and oxygen atoms in total. The molecule has 0 aliphatic rings. The topological polar surface area (TPSA) is 93.3 Å². The van der Waals surface area contributed by atoms with E-state index in [1.54, 1.807) is 37.4 Å². The Balaban J connectivity index is 1.75. The summed E-state index contributed by atoms with van der Waals surface area (Å²) in [4.78, 5) is 36.1. The lowest BCUT2D eigenvalue weighted by Crippen LogP contribution is -2.18. The Morgan fingerprint density at radius 3 is 2.79 bits per heavy atom. The van der Waals surface area contributed by atoms with Crippen molar-refractivity contribution in [3.05, 3.63) is 50.6 Å². The summed E-state index contributed by atoms with van der Waals surface area (Å²) in [7, 11) is 1.62. The number of aromatic nitrogens is 1. The molecule has 124 valence electrons. The Kier molecular flexibility index (Phi) is 4.22. The third-order valence-corrected chi connectivity index (χ3v) is 4.53. The lowest BCUT2D eigenvalue weighted by atomic mass is 10.2. The van der Waals surface area contributed by atoms with Gasteiger partial charge in [0.1, 0.15) is 0 Å². The molecule has 24 heavy (non-hydrogen) atoms. The van der Waals surface area contributed by atoms with Crippen molar-refractivity contribution >= 4 is 39.9 Å². The summed E-state index contributed by atoms with van der Waals surface area (Å²) >= 11 is 1.31. The Hall–Kier alpha value is -2.87. The highest BCUT2D eigenvalue weighted by Gasteiger charge is 2.12. The van der Waals surface area contributed by atoms with Crippen LogP contribution in [0.4, 0.5) is 5.69 Å². The highest BCUT2D eigenvalue weighted by molar-refractivity contribution is 7.14. The molecule has 0 fully saturated rings. The molecule has 0 unspecified atom stereocenters. The SMILES string of the molecule is CC(=O)NCc1ccc(C(=O)Nc2ccc3c(c2)oc(=O)n3C)s1. The molecule has 0 aliphatic heterocycles. The smallest absolute Gasteiger partial charge is 0.408 e. The monoisotopic (exact) mass is 345 g/mol. The standard InChI is InChI=1S/C16H15N3O4S/c1-9(20)17-8-11-4-6-14(24-11)15(21)18-10-3-5-12-13(7-10)23-16(22)19(12)2/h3-7H,8H2,1-2H3,(H,17,20)(H,18,21). The average Bonchev–Trinajstić information content (AvgIpc) is 3.11. The first-order valence-corrected chi connectivity index (χ1v) is 8.00. The lowest BCUT2D eigenvalue weighted by molar-refractivity contribution is -0.119. The number of fused-ring (bicyclic) bond motifs is 1. The summed E-state index contributed by atoms with van der Waals surface area (Å²) in [5.41, 5.74) is 1.61. The number of hydrogen-bond acceptors (Lipinski definition) is 5. The van der Waals surface area contributed by atoms with Crippen LogP contribution in [-0.2, 0) is 18.4 Å². The van der Waals surface area contributed by atoms with E-state index < -0.39 is 5.76 Å². The highest BCUT2D eigenvalue weighted by atomic mass is 32.1. The number of nitrogens with zero attached hydrogens (tertiary/aromatic N) is 1. The summed E-state index contributed by atoms with van der Waals surface area (Å²) in [5, 5.41) is 5.46. The molecule has 0 atom stereocenters. The average molecular weight is 345 g/mol. The molecule has 0 aliphatic carbocycles. The molecular weight excluding hydrogens is 330 g/mol. The third-order valence-electron chi connectivity index (χ3n) is 3.45. The van der Waals surface area contributed by atoms with E-state index in [-0.39, 0.29) is 11.8 Å². The van der Waals surface area contributed by atoms with Crippen LogP contribution in [0.15, 0.2) is 39.5 Å². The zero-order chi connectivity index (χ0) is 17.3. The molecule has 3 rings (SSSR count). The largest absolute Gasteiger partial charge is 0.419 e. The summed E-state index contributed by atoms with van der Waals surface area (Å²) in [5.74, 6) is -0.826. The molecule has 2 aromatic heterocycles. The van der Waals surface area contributed by atoms with Crippen LogP contribution in [0.1, 0.15) is 21.5 Å². The fourth-order valence-electron chi connectivity index (χ4n) is 2.21. The molecule has 3 aromatic rings. The number of carbonyl (C=O) groups is 2. The maximum atomic E-state index is 12.3. The molecule has 0 spiro atoms. The molecule has 0 saturated carbocycles. The fourth-order valence-corrected chi connectivity index (χ4v) is 3.05. The molecule has 0 bridgehead atoms. The van der Waals surface area contributed by atoms with Gasteiger partial charge < -0.3 is 15.1 Å². The Labute approximate surface area is 140 Å². The fraction of sp³-hybridized carbons (Fsp3) is 0.188. The maximum Gasteiger partial charge on any atom is 0.419 e. The van der Waals surface area contributed by atoms with Gasteiger partial charge in [0.05, 0.1) is 16.9 Å². The second-order valence-corrected chi connectivity index (χ2v) is 6.41. The summed E-state index contributed by atoms with van der Waals surface area (Å²) in [6, 6.07) is 8.54. The van der Waals surface area contributed by atoms with Crippen LogP contribution in [0.2, 0.25) is 0 Å². The Morgan fingerprint density at radius 1 is 1.25 bits per heavy atom. The molecule has 0 saturated heterocycles. The zero-order valence-electron chi connectivity index (χ0n) is 13.1. The molecule has 0 radical (unpaired) electrons. The number of carbonyl (C=O) groups excluding carboxylic acids is 2. The maximum absolute atomic E-state index is 12.3. The quantitative estimate of drug-likeness (QED) is 0.757. The van der Waals surface area contributed by atoms with Gasteiger partial charge in [0.15, 0.2) is 5.58 Å². The van der Waals surface area contributed by atoms with Gasteiger partial charge in [0.25, 0.3) is 5.91 Å². The van der Waals surface area contributed by atoms with Gasteiger partial charge in [-0.05, 0) is 24.3 Å². The number of benzene rings is 1. The molecule has 8 heteroatoms. The van der Waals surface area contributed by atoms with Gasteiger partial charge in [0.2, 0.25) is 5.91 Å². The van der Waals surface area contributed by atoms with E-state index >= 15 is 0 Å². The minimum absolute atomic E-state index is 0.118. The number of thiophene rings is 1. The van der Waals surface area contributed by atoms with E-state index in [1.807, 2.05) is 0 Å². The summed E-state index contributed by atoms with van der Waals surface area (Å²) in [6.07, 6.45) is 0. The van der Waals surface area contributed by atoms with Gasteiger partial charge in [-0.3, -0.25) is 14.2 Å². The van der Waals surface area contributed by atoms with E-state index in [9.17, 15) is 14.4 Å². The van der Waals surface area contributed by atoms with Crippen LogP contribution in [0, 0.1) is 0 Å². The Morgan fingerprint density at radius 2 is 2.04 bits per heavy atom. The van der Waals surface area contributed by atoms with Crippen molar-refractivity contribution in [3.63, 3.8) is 0 Å². The number of hydrogen-bond donors (Lipinski definition) is 2. The minimum atomic E-state index is -0.450. The molecule has 2 N–H and O–H groups in total. The van der Waals surface area contributed by atoms with E-state index in [1.165, 1.54) is 22.8 Å².